The van der Waals surface area contributed by atoms with Crippen molar-refractivity contribution in [3.8, 4) is 5.75 Å². The maximum atomic E-state index is 11.0. The second-order valence-electron chi connectivity index (χ2n) is 5.82. The lowest BCUT2D eigenvalue weighted by atomic mass is 10.0. The van der Waals surface area contributed by atoms with Crippen LogP contribution in [0.4, 0.5) is 5.13 Å². The number of amides is 1. The largest absolute Gasteiger partial charge is 0.493 e. The number of aromatic nitrogens is 2. The number of rotatable bonds is 6. The summed E-state index contributed by atoms with van der Waals surface area (Å²) in [6.07, 6.45) is 3.60. The Bertz CT molecular complexity index is 682. The highest BCUT2D eigenvalue weighted by atomic mass is 32.1. The van der Waals surface area contributed by atoms with Crippen LogP contribution in [0.2, 0.25) is 0 Å². The fraction of sp³-hybridized carbons (Fsp3) is 0.438. The number of hydrogen-bond donors (Lipinski definition) is 1. The van der Waals surface area contributed by atoms with Gasteiger partial charge in [-0.25, -0.2) is 4.98 Å². The van der Waals surface area contributed by atoms with Crippen LogP contribution in [-0.2, 0) is 11.3 Å². The number of nitrogens with zero attached hydrogens (tertiary/aromatic N) is 3. The van der Waals surface area contributed by atoms with Gasteiger partial charge in [-0.05, 0) is 13.0 Å². The second kappa shape index (κ2) is 7.06. The van der Waals surface area contributed by atoms with E-state index in [2.05, 4.69) is 20.2 Å². The van der Waals surface area contributed by atoms with Gasteiger partial charge in [-0.1, -0.05) is 0 Å². The van der Waals surface area contributed by atoms with E-state index in [1.165, 1.54) is 18.3 Å². The number of pyridine rings is 1. The molecule has 0 unspecified atom stereocenters. The molecule has 0 atom stereocenters. The van der Waals surface area contributed by atoms with Gasteiger partial charge in [-0.15, -0.1) is 11.3 Å². The number of anilines is 1. The van der Waals surface area contributed by atoms with Crippen LogP contribution < -0.4 is 10.1 Å². The molecule has 1 fully saturated rings. The minimum absolute atomic E-state index is 0.0848. The Balaban J connectivity index is 1.39. The number of aryl methyl sites for hydroxylation is 1. The predicted molar refractivity (Wildman–Crippen MR) is 89.7 cm³/mol. The molecule has 6 nitrogen and oxygen atoms in total. The van der Waals surface area contributed by atoms with Gasteiger partial charge in [0.1, 0.15) is 5.75 Å². The molecule has 2 aromatic heterocycles. The topological polar surface area (TPSA) is 67.4 Å². The molecule has 0 spiro atoms. The summed E-state index contributed by atoms with van der Waals surface area (Å²) < 4.78 is 5.81. The summed E-state index contributed by atoms with van der Waals surface area (Å²) in [5.41, 5.74) is 0.970. The van der Waals surface area contributed by atoms with Gasteiger partial charge in [0.05, 0.1) is 6.61 Å². The van der Waals surface area contributed by atoms with Gasteiger partial charge < -0.3 is 10.1 Å². The molecular formula is C16H20N4O2S. The van der Waals surface area contributed by atoms with E-state index in [4.69, 9.17) is 4.74 Å². The van der Waals surface area contributed by atoms with Crippen molar-refractivity contribution in [1.29, 1.82) is 0 Å². The smallest absolute Gasteiger partial charge is 0.223 e. The lowest BCUT2D eigenvalue weighted by molar-refractivity contribution is -0.114. The minimum atomic E-state index is -0.0848. The third-order valence-electron chi connectivity index (χ3n) is 3.60. The first-order valence-corrected chi connectivity index (χ1v) is 8.40. The van der Waals surface area contributed by atoms with Gasteiger partial charge in [0, 0.05) is 61.5 Å². The molecule has 0 aromatic carbocycles. The summed E-state index contributed by atoms with van der Waals surface area (Å²) in [5, 5.41) is 3.38. The van der Waals surface area contributed by atoms with Crippen LogP contribution in [0, 0.1) is 12.8 Å². The van der Waals surface area contributed by atoms with E-state index in [1.54, 1.807) is 6.20 Å². The number of thiazole rings is 1. The van der Waals surface area contributed by atoms with Gasteiger partial charge >= 0.3 is 0 Å². The molecule has 3 rings (SSSR count). The van der Waals surface area contributed by atoms with Crippen molar-refractivity contribution in [1.82, 2.24) is 14.9 Å². The van der Waals surface area contributed by atoms with E-state index in [0.29, 0.717) is 11.0 Å². The van der Waals surface area contributed by atoms with Crippen LogP contribution in [0.3, 0.4) is 0 Å². The van der Waals surface area contributed by atoms with Gasteiger partial charge in [-0.2, -0.15) is 0 Å². The summed E-state index contributed by atoms with van der Waals surface area (Å²) in [6, 6.07) is 3.85. The van der Waals surface area contributed by atoms with Crippen LogP contribution in [0.25, 0.3) is 0 Å². The van der Waals surface area contributed by atoms with Crippen LogP contribution in [0.1, 0.15) is 17.5 Å². The van der Waals surface area contributed by atoms with E-state index >= 15 is 0 Å². The van der Waals surface area contributed by atoms with Crippen molar-refractivity contribution in [3.63, 3.8) is 0 Å². The van der Waals surface area contributed by atoms with Crippen LogP contribution in [0.5, 0.6) is 5.75 Å². The molecule has 0 radical (unpaired) electrons. The van der Waals surface area contributed by atoms with Crippen molar-refractivity contribution < 1.29 is 9.53 Å². The zero-order valence-electron chi connectivity index (χ0n) is 13.3. The SMILES string of the molecule is CC(=O)Nc1ncc(CN2CC(COc3ccnc(C)c3)C2)s1. The molecule has 3 heterocycles. The number of likely N-dealkylation sites (tertiary alicyclic amines) is 1. The summed E-state index contributed by atoms with van der Waals surface area (Å²) >= 11 is 1.53. The Hall–Kier alpha value is -1.99. The molecule has 23 heavy (non-hydrogen) atoms. The first-order valence-electron chi connectivity index (χ1n) is 7.58. The summed E-state index contributed by atoms with van der Waals surface area (Å²) in [5.74, 6) is 1.36. The van der Waals surface area contributed by atoms with E-state index in [1.807, 2.05) is 25.3 Å². The third-order valence-corrected chi connectivity index (χ3v) is 4.50. The third kappa shape index (κ3) is 4.49. The molecule has 0 bridgehead atoms. The van der Waals surface area contributed by atoms with Crippen LogP contribution in [-0.4, -0.2) is 40.5 Å². The van der Waals surface area contributed by atoms with Crippen LogP contribution >= 0.6 is 11.3 Å². The molecule has 1 amide bonds. The fourth-order valence-electron chi connectivity index (χ4n) is 2.54. The lowest BCUT2D eigenvalue weighted by Gasteiger charge is -2.38. The average molecular weight is 332 g/mol. The fourth-order valence-corrected chi connectivity index (χ4v) is 3.45. The van der Waals surface area contributed by atoms with Crippen molar-refractivity contribution in [3.05, 3.63) is 35.1 Å². The van der Waals surface area contributed by atoms with Gasteiger partial charge in [-0.3, -0.25) is 14.7 Å². The number of ether oxygens (including phenoxy) is 1. The van der Waals surface area contributed by atoms with Gasteiger partial charge in [0.25, 0.3) is 0 Å². The van der Waals surface area contributed by atoms with E-state index in [9.17, 15) is 4.79 Å². The Kier molecular flexibility index (Phi) is 4.88. The molecular weight excluding hydrogens is 312 g/mol. The summed E-state index contributed by atoms with van der Waals surface area (Å²) in [7, 11) is 0. The zero-order chi connectivity index (χ0) is 16.2. The van der Waals surface area contributed by atoms with E-state index in [0.717, 1.165) is 42.6 Å². The van der Waals surface area contributed by atoms with Crippen molar-refractivity contribution in [2.75, 3.05) is 25.0 Å². The van der Waals surface area contributed by atoms with Crippen LogP contribution in [0.15, 0.2) is 24.5 Å². The molecule has 0 aliphatic carbocycles. The maximum Gasteiger partial charge on any atom is 0.223 e. The highest BCUT2D eigenvalue weighted by Gasteiger charge is 2.27. The number of nitrogens with one attached hydrogen (secondary N) is 1. The molecule has 2 aromatic rings. The Morgan fingerprint density at radius 1 is 1.48 bits per heavy atom. The molecule has 7 heteroatoms. The average Bonchev–Trinajstić information content (AvgIpc) is 2.87. The van der Waals surface area contributed by atoms with Crippen molar-refractivity contribution >= 4 is 22.4 Å². The molecule has 1 aliphatic heterocycles. The highest BCUT2D eigenvalue weighted by Crippen LogP contribution is 2.24. The number of carbonyl (C=O) groups excluding carboxylic acids is 1. The second-order valence-corrected chi connectivity index (χ2v) is 6.93. The van der Waals surface area contributed by atoms with E-state index < -0.39 is 0 Å². The Morgan fingerprint density at radius 3 is 3.04 bits per heavy atom. The standard InChI is InChI=1S/C16H20N4O2S/c1-11-5-14(3-4-17-11)22-10-13-7-20(8-13)9-15-6-18-16(23-15)19-12(2)21/h3-6,13H,7-10H2,1-2H3,(H,18,19,21). The van der Waals surface area contributed by atoms with E-state index in [-0.39, 0.29) is 5.91 Å². The number of hydrogen-bond acceptors (Lipinski definition) is 6. The summed E-state index contributed by atoms with van der Waals surface area (Å²) in [4.78, 5) is 22.9. The number of carbonyl (C=O) groups is 1. The molecule has 1 aliphatic rings. The Labute approximate surface area is 139 Å². The monoisotopic (exact) mass is 332 g/mol. The molecule has 1 N–H and O–H groups in total. The van der Waals surface area contributed by atoms with Gasteiger partial charge in [0.15, 0.2) is 5.13 Å². The first-order chi connectivity index (χ1) is 11.1. The highest BCUT2D eigenvalue weighted by molar-refractivity contribution is 7.15. The lowest BCUT2D eigenvalue weighted by Crippen LogP contribution is -2.48. The van der Waals surface area contributed by atoms with Gasteiger partial charge in [0.2, 0.25) is 5.91 Å². The predicted octanol–water partition coefficient (Wildman–Crippen LogP) is 2.32. The quantitative estimate of drug-likeness (QED) is 0.879. The molecule has 1 saturated heterocycles. The normalized spacial score (nSPS) is 15.2. The maximum absolute atomic E-state index is 11.0. The zero-order valence-corrected chi connectivity index (χ0v) is 14.1. The first kappa shape index (κ1) is 15.9. The Morgan fingerprint density at radius 2 is 2.30 bits per heavy atom. The van der Waals surface area contributed by atoms with Crippen molar-refractivity contribution in [2.24, 2.45) is 5.92 Å². The molecule has 0 saturated carbocycles. The minimum Gasteiger partial charge on any atom is -0.493 e. The molecule has 122 valence electrons. The summed E-state index contributed by atoms with van der Waals surface area (Å²) in [6.45, 7) is 7.12. The van der Waals surface area contributed by atoms with Crippen molar-refractivity contribution in [2.45, 2.75) is 20.4 Å².